The van der Waals surface area contributed by atoms with Gasteiger partial charge in [-0.3, -0.25) is 0 Å². The normalized spacial score (nSPS) is 13.7. The molecule has 0 spiro atoms. The van der Waals surface area contributed by atoms with E-state index in [-0.39, 0.29) is 24.0 Å². The molecule has 1 rings (SSSR count). The van der Waals surface area contributed by atoms with Crippen molar-refractivity contribution in [1.29, 1.82) is 0 Å². The van der Waals surface area contributed by atoms with E-state index in [1.165, 1.54) is 24.3 Å². The molecule has 0 aromatic heterocycles. The van der Waals surface area contributed by atoms with Gasteiger partial charge in [-0.1, -0.05) is 18.5 Å². The van der Waals surface area contributed by atoms with E-state index in [1.54, 1.807) is 6.92 Å². The van der Waals surface area contributed by atoms with Crippen molar-refractivity contribution < 1.29 is 13.5 Å². The molecule has 1 unspecified atom stereocenters. The van der Waals surface area contributed by atoms with E-state index in [0.29, 0.717) is 5.02 Å². The van der Waals surface area contributed by atoms with E-state index in [4.69, 9.17) is 16.7 Å². The van der Waals surface area contributed by atoms with Gasteiger partial charge < -0.3 is 5.11 Å². The Morgan fingerprint density at radius 2 is 1.94 bits per heavy atom. The van der Waals surface area contributed by atoms with Gasteiger partial charge in [0.2, 0.25) is 10.0 Å². The fourth-order valence-electron chi connectivity index (χ4n) is 1.01. The second kappa shape index (κ2) is 5.63. The predicted molar refractivity (Wildman–Crippen MR) is 62.9 cm³/mol. The molecule has 90 valence electrons. The summed E-state index contributed by atoms with van der Waals surface area (Å²) in [6.45, 7) is 1.91. The summed E-state index contributed by atoms with van der Waals surface area (Å²) in [7, 11) is -3.50. The lowest BCUT2D eigenvalue weighted by Crippen LogP contribution is -2.29. The Morgan fingerprint density at radius 3 is 2.44 bits per heavy atom. The van der Waals surface area contributed by atoms with Crippen molar-refractivity contribution >= 4 is 21.6 Å². The summed E-state index contributed by atoms with van der Waals surface area (Å²) in [5, 5.41) is 9.27. The van der Waals surface area contributed by atoms with Crippen LogP contribution in [0.5, 0.6) is 0 Å². The highest BCUT2D eigenvalue weighted by Gasteiger charge is 2.14. The van der Waals surface area contributed by atoms with Gasteiger partial charge in [0, 0.05) is 18.2 Å². The van der Waals surface area contributed by atoms with Gasteiger partial charge in [-0.15, -0.1) is 0 Å². The van der Waals surface area contributed by atoms with Gasteiger partial charge in [0.25, 0.3) is 0 Å². The van der Waals surface area contributed by atoms with Gasteiger partial charge in [-0.05, 0) is 30.2 Å². The lowest BCUT2D eigenvalue weighted by atomic mass is 10.2. The Bertz CT molecular complexity index is 430. The summed E-state index contributed by atoms with van der Waals surface area (Å²) in [5.74, 6) is -0.109. The largest absolute Gasteiger partial charge is 0.396 e. The van der Waals surface area contributed by atoms with Crippen LogP contribution >= 0.6 is 11.6 Å². The van der Waals surface area contributed by atoms with Crippen LogP contribution in [-0.4, -0.2) is 26.7 Å². The molecule has 6 heteroatoms. The van der Waals surface area contributed by atoms with E-state index in [2.05, 4.69) is 4.72 Å². The third-order valence-electron chi connectivity index (χ3n) is 2.06. The molecule has 0 aliphatic heterocycles. The van der Waals surface area contributed by atoms with E-state index in [0.717, 1.165) is 0 Å². The zero-order valence-corrected chi connectivity index (χ0v) is 10.4. The lowest BCUT2D eigenvalue weighted by Gasteiger charge is -2.10. The van der Waals surface area contributed by atoms with Crippen LogP contribution in [0.15, 0.2) is 29.2 Å². The molecule has 0 fully saturated rings. The Labute approximate surface area is 100 Å². The fourth-order valence-corrected chi connectivity index (χ4v) is 2.30. The van der Waals surface area contributed by atoms with Gasteiger partial charge in [0.05, 0.1) is 4.90 Å². The SMILES string of the molecule is CC(CO)CNS(=O)(=O)c1ccc(Cl)cc1. The molecule has 2 N–H and O–H groups in total. The Kier molecular flexibility index (Phi) is 4.73. The number of sulfonamides is 1. The van der Waals surface area contributed by atoms with Crippen LogP contribution in [0.4, 0.5) is 0 Å². The molecule has 0 aliphatic rings. The van der Waals surface area contributed by atoms with Crippen LogP contribution < -0.4 is 4.72 Å². The zero-order valence-electron chi connectivity index (χ0n) is 8.85. The van der Waals surface area contributed by atoms with Crippen LogP contribution in [0, 0.1) is 5.92 Å². The second-order valence-electron chi connectivity index (χ2n) is 3.59. The number of aliphatic hydroxyl groups excluding tert-OH is 1. The van der Waals surface area contributed by atoms with Crippen molar-refractivity contribution in [3.05, 3.63) is 29.3 Å². The zero-order chi connectivity index (χ0) is 12.2. The molecular weight excluding hydrogens is 250 g/mol. The number of hydrogen-bond acceptors (Lipinski definition) is 3. The van der Waals surface area contributed by atoms with Crippen LogP contribution in [0.2, 0.25) is 5.02 Å². The molecule has 0 aliphatic carbocycles. The van der Waals surface area contributed by atoms with E-state index in [1.807, 2.05) is 0 Å². The Balaban J connectivity index is 2.74. The topological polar surface area (TPSA) is 66.4 Å². The number of hydrogen-bond donors (Lipinski definition) is 2. The first-order valence-electron chi connectivity index (χ1n) is 4.82. The molecule has 16 heavy (non-hydrogen) atoms. The van der Waals surface area contributed by atoms with Crippen LogP contribution in [0.25, 0.3) is 0 Å². The maximum atomic E-state index is 11.7. The van der Waals surface area contributed by atoms with Gasteiger partial charge in [-0.25, -0.2) is 13.1 Å². The second-order valence-corrected chi connectivity index (χ2v) is 5.80. The molecular formula is C10H14ClNO3S. The number of benzene rings is 1. The number of nitrogens with one attached hydrogen (secondary N) is 1. The highest BCUT2D eigenvalue weighted by atomic mass is 35.5. The van der Waals surface area contributed by atoms with Crippen molar-refractivity contribution in [3.8, 4) is 0 Å². The molecule has 0 radical (unpaired) electrons. The summed E-state index contributed by atoms with van der Waals surface area (Å²) in [4.78, 5) is 0.169. The summed E-state index contributed by atoms with van der Waals surface area (Å²) < 4.78 is 25.9. The average molecular weight is 264 g/mol. The standard InChI is InChI=1S/C10H14ClNO3S/c1-8(7-13)6-12-16(14,15)10-4-2-9(11)3-5-10/h2-5,8,12-13H,6-7H2,1H3. The minimum atomic E-state index is -3.50. The smallest absolute Gasteiger partial charge is 0.240 e. The highest BCUT2D eigenvalue weighted by Crippen LogP contribution is 2.13. The molecule has 1 aromatic rings. The average Bonchev–Trinajstić information content (AvgIpc) is 2.26. The summed E-state index contributed by atoms with van der Waals surface area (Å²) >= 11 is 5.66. The molecule has 0 amide bonds. The predicted octanol–water partition coefficient (Wildman–Crippen LogP) is 1.25. The van der Waals surface area contributed by atoms with Gasteiger partial charge in [-0.2, -0.15) is 0 Å². The van der Waals surface area contributed by atoms with Crippen molar-refractivity contribution in [2.24, 2.45) is 5.92 Å². The van der Waals surface area contributed by atoms with Gasteiger partial charge >= 0.3 is 0 Å². The lowest BCUT2D eigenvalue weighted by molar-refractivity contribution is 0.238. The molecule has 0 heterocycles. The monoisotopic (exact) mass is 263 g/mol. The van der Waals surface area contributed by atoms with Crippen molar-refractivity contribution in [2.45, 2.75) is 11.8 Å². The summed E-state index contributed by atoms with van der Waals surface area (Å²) in [6, 6.07) is 5.92. The quantitative estimate of drug-likeness (QED) is 0.840. The third kappa shape index (κ3) is 3.75. The summed E-state index contributed by atoms with van der Waals surface area (Å²) in [6.07, 6.45) is 0. The van der Waals surface area contributed by atoms with E-state index < -0.39 is 10.0 Å². The number of halogens is 1. The minimum Gasteiger partial charge on any atom is -0.396 e. The van der Waals surface area contributed by atoms with E-state index in [9.17, 15) is 8.42 Å². The first kappa shape index (κ1) is 13.4. The van der Waals surface area contributed by atoms with Crippen molar-refractivity contribution in [3.63, 3.8) is 0 Å². The first-order chi connectivity index (χ1) is 7.45. The van der Waals surface area contributed by atoms with E-state index >= 15 is 0 Å². The van der Waals surface area contributed by atoms with Crippen LogP contribution in [-0.2, 0) is 10.0 Å². The maximum Gasteiger partial charge on any atom is 0.240 e. The Morgan fingerprint density at radius 1 is 1.38 bits per heavy atom. The molecule has 4 nitrogen and oxygen atoms in total. The molecule has 0 bridgehead atoms. The van der Waals surface area contributed by atoms with Crippen molar-refractivity contribution in [2.75, 3.05) is 13.2 Å². The first-order valence-corrected chi connectivity index (χ1v) is 6.68. The fraction of sp³-hybridized carbons (Fsp3) is 0.400. The minimum absolute atomic E-state index is 0.0524. The number of rotatable bonds is 5. The molecule has 1 aromatic carbocycles. The molecule has 1 atom stereocenters. The van der Waals surface area contributed by atoms with Crippen LogP contribution in [0.1, 0.15) is 6.92 Å². The Hall–Kier alpha value is -0.620. The van der Waals surface area contributed by atoms with Gasteiger partial charge in [0.1, 0.15) is 0 Å². The number of aliphatic hydroxyl groups is 1. The summed E-state index contributed by atoms with van der Waals surface area (Å²) in [5.41, 5.74) is 0. The van der Waals surface area contributed by atoms with Crippen molar-refractivity contribution in [1.82, 2.24) is 4.72 Å². The third-order valence-corrected chi connectivity index (χ3v) is 3.75. The van der Waals surface area contributed by atoms with Gasteiger partial charge in [0.15, 0.2) is 0 Å². The highest BCUT2D eigenvalue weighted by molar-refractivity contribution is 7.89. The maximum absolute atomic E-state index is 11.7. The molecule has 0 saturated carbocycles. The molecule has 0 saturated heterocycles. The van der Waals surface area contributed by atoms with Crippen LogP contribution in [0.3, 0.4) is 0 Å².